The Morgan fingerprint density at radius 1 is 1.07 bits per heavy atom. The molecule has 3 amide bonds. The highest BCUT2D eigenvalue weighted by molar-refractivity contribution is 7.15. The molecule has 1 aliphatic carbocycles. The van der Waals surface area contributed by atoms with Gasteiger partial charge in [0, 0.05) is 34.4 Å². The predicted molar refractivity (Wildman–Crippen MR) is 111 cm³/mol. The van der Waals surface area contributed by atoms with Crippen LogP contribution in [-0.2, 0) is 17.6 Å². The van der Waals surface area contributed by atoms with Crippen LogP contribution in [-0.4, -0.2) is 34.2 Å². The van der Waals surface area contributed by atoms with Crippen LogP contribution >= 0.6 is 11.3 Å². The van der Waals surface area contributed by atoms with Gasteiger partial charge in [0.15, 0.2) is 5.13 Å². The van der Waals surface area contributed by atoms with Crippen molar-refractivity contribution in [3.63, 3.8) is 0 Å². The molecule has 0 spiro atoms. The van der Waals surface area contributed by atoms with E-state index in [2.05, 4.69) is 10.3 Å². The molecule has 0 radical (unpaired) electrons. The number of rotatable bonds is 5. The lowest BCUT2D eigenvalue weighted by molar-refractivity contribution is -0.116. The molecule has 0 saturated carbocycles. The fraction of sp³-hybridized carbons (Fsp3) is 0.273. The summed E-state index contributed by atoms with van der Waals surface area (Å²) in [5.41, 5.74) is 2.18. The number of carbonyl (C=O) groups is 3. The van der Waals surface area contributed by atoms with Crippen LogP contribution in [0.1, 0.15) is 50.5 Å². The molecule has 5 rings (SSSR count). The summed E-state index contributed by atoms with van der Waals surface area (Å²) in [5, 5.41) is 5.09. The molecule has 0 fully saturated rings. The molecule has 1 aliphatic heterocycles. The molecular weight excluding hydrogens is 386 g/mol. The Kier molecular flexibility index (Phi) is 4.39. The van der Waals surface area contributed by atoms with Crippen LogP contribution in [0.4, 0.5) is 5.13 Å². The standard InChI is InChI=1S/C22H19N3O3S/c26-18(24-22-23-16-9-3-10-17(16)29-22)11-4-12-25-20(27)14-7-1-5-13-6-2-8-15(19(13)14)21(25)28/h1-2,5-8H,3-4,9-12H2,(H,23,24,26). The lowest BCUT2D eigenvalue weighted by Crippen LogP contribution is -2.41. The first-order valence-corrected chi connectivity index (χ1v) is 10.6. The van der Waals surface area contributed by atoms with Crippen LogP contribution in [0.2, 0.25) is 0 Å². The van der Waals surface area contributed by atoms with Crippen molar-refractivity contribution in [2.45, 2.75) is 32.1 Å². The monoisotopic (exact) mass is 405 g/mol. The number of benzene rings is 2. The van der Waals surface area contributed by atoms with E-state index in [-0.39, 0.29) is 30.7 Å². The number of aryl methyl sites for hydroxylation is 2. The van der Waals surface area contributed by atoms with Crippen molar-refractivity contribution >= 4 is 45.0 Å². The number of nitrogens with one attached hydrogen (secondary N) is 1. The summed E-state index contributed by atoms with van der Waals surface area (Å²) >= 11 is 1.54. The minimum absolute atomic E-state index is 0.142. The Morgan fingerprint density at radius 3 is 2.48 bits per heavy atom. The van der Waals surface area contributed by atoms with Gasteiger partial charge in [-0.25, -0.2) is 4.98 Å². The van der Waals surface area contributed by atoms with Gasteiger partial charge in [-0.3, -0.25) is 19.3 Å². The summed E-state index contributed by atoms with van der Waals surface area (Å²) in [6.07, 6.45) is 3.79. The number of aromatic nitrogens is 1. The number of fused-ring (bicyclic) bond motifs is 1. The van der Waals surface area contributed by atoms with Gasteiger partial charge in [-0.2, -0.15) is 0 Å². The molecule has 1 N–H and O–H groups in total. The third kappa shape index (κ3) is 3.11. The lowest BCUT2D eigenvalue weighted by Gasteiger charge is -2.27. The average Bonchev–Trinajstić information content (AvgIpc) is 3.30. The number of anilines is 1. The van der Waals surface area contributed by atoms with Crippen molar-refractivity contribution in [3.05, 3.63) is 58.1 Å². The second-order valence-electron chi connectivity index (χ2n) is 7.37. The molecule has 0 bridgehead atoms. The fourth-order valence-electron chi connectivity index (χ4n) is 4.11. The number of nitrogens with zero attached hydrogens (tertiary/aromatic N) is 2. The van der Waals surface area contributed by atoms with Crippen LogP contribution in [0.3, 0.4) is 0 Å². The number of hydrogen-bond donors (Lipinski definition) is 1. The first-order valence-electron chi connectivity index (χ1n) is 9.78. The number of amides is 3. The molecule has 0 atom stereocenters. The van der Waals surface area contributed by atoms with E-state index >= 15 is 0 Å². The number of carbonyl (C=O) groups excluding carboxylic acids is 3. The topological polar surface area (TPSA) is 79.4 Å². The van der Waals surface area contributed by atoms with Gasteiger partial charge in [0.05, 0.1) is 5.69 Å². The minimum Gasteiger partial charge on any atom is -0.302 e. The summed E-state index contributed by atoms with van der Waals surface area (Å²) in [4.78, 5) is 45.0. The van der Waals surface area contributed by atoms with Gasteiger partial charge >= 0.3 is 0 Å². The Balaban J connectivity index is 1.24. The maximum Gasteiger partial charge on any atom is 0.261 e. The van der Waals surface area contributed by atoms with Crippen molar-refractivity contribution in [1.82, 2.24) is 9.88 Å². The Hall–Kier alpha value is -3.06. The van der Waals surface area contributed by atoms with Gasteiger partial charge in [0.25, 0.3) is 11.8 Å². The molecule has 146 valence electrons. The normalized spacial score (nSPS) is 15.1. The van der Waals surface area contributed by atoms with E-state index in [9.17, 15) is 14.4 Å². The van der Waals surface area contributed by atoms with E-state index < -0.39 is 0 Å². The average molecular weight is 405 g/mol. The third-order valence-electron chi connectivity index (χ3n) is 5.48. The summed E-state index contributed by atoms with van der Waals surface area (Å²) in [5.74, 6) is -0.732. The summed E-state index contributed by atoms with van der Waals surface area (Å²) in [7, 11) is 0. The van der Waals surface area contributed by atoms with Crippen molar-refractivity contribution in [1.29, 1.82) is 0 Å². The highest BCUT2D eigenvalue weighted by Gasteiger charge is 2.32. The summed E-state index contributed by atoms with van der Waals surface area (Å²) in [6, 6.07) is 11.0. The van der Waals surface area contributed by atoms with Crippen molar-refractivity contribution in [2.24, 2.45) is 0 Å². The van der Waals surface area contributed by atoms with E-state index in [1.165, 1.54) is 9.78 Å². The van der Waals surface area contributed by atoms with Crippen LogP contribution < -0.4 is 5.32 Å². The quantitative estimate of drug-likeness (QED) is 0.655. The number of hydrogen-bond acceptors (Lipinski definition) is 5. The Morgan fingerprint density at radius 2 is 1.79 bits per heavy atom. The molecular formula is C22H19N3O3S. The molecule has 0 saturated heterocycles. The van der Waals surface area contributed by atoms with Crippen LogP contribution in [0.5, 0.6) is 0 Å². The van der Waals surface area contributed by atoms with Crippen LogP contribution in [0.25, 0.3) is 10.8 Å². The molecule has 1 aromatic heterocycles. The van der Waals surface area contributed by atoms with E-state index in [4.69, 9.17) is 0 Å². The zero-order valence-corrected chi connectivity index (χ0v) is 16.6. The zero-order chi connectivity index (χ0) is 20.0. The van der Waals surface area contributed by atoms with E-state index in [0.29, 0.717) is 22.7 Å². The van der Waals surface area contributed by atoms with Crippen LogP contribution in [0.15, 0.2) is 36.4 Å². The smallest absolute Gasteiger partial charge is 0.261 e. The van der Waals surface area contributed by atoms with Gasteiger partial charge in [-0.05, 0) is 43.2 Å². The lowest BCUT2D eigenvalue weighted by atomic mass is 9.94. The second kappa shape index (κ2) is 7.08. The number of thiazole rings is 1. The van der Waals surface area contributed by atoms with Gasteiger partial charge in [-0.15, -0.1) is 11.3 Å². The molecule has 6 nitrogen and oxygen atoms in total. The fourth-order valence-corrected chi connectivity index (χ4v) is 5.17. The van der Waals surface area contributed by atoms with E-state index in [1.54, 1.807) is 23.5 Å². The van der Waals surface area contributed by atoms with Gasteiger partial charge in [-0.1, -0.05) is 24.3 Å². The highest BCUT2D eigenvalue weighted by Crippen LogP contribution is 2.31. The van der Waals surface area contributed by atoms with Gasteiger partial charge < -0.3 is 5.32 Å². The Labute approximate surface area is 171 Å². The maximum absolute atomic E-state index is 12.9. The third-order valence-corrected chi connectivity index (χ3v) is 6.56. The molecule has 29 heavy (non-hydrogen) atoms. The largest absolute Gasteiger partial charge is 0.302 e. The van der Waals surface area contributed by atoms with E-state index in [1.807, 2.05) is 24.3 Å². The molecule has 0 unspecified atom stereocenters. The summed E-state index contributed by atoms with van der Waals surface area (Å²) in [6.45, 7) is 0.212. The van der Waals surface area contributed by atoms with Crippen molar-refractivity contribution in [3.8, 4) is 0 Å². The first-order chi connectivity index (χ1) is 14.1. The predicted octanol–water partition coefficient (Wildman–Crippen LogP) is 3.80. The van der Waals surface area contributed by atoms with Crippen molar-refractivity contribution in [2.75, 3.05) is 11.9 Å². The zero-order valence-electron chi connectivity index (χ0n) is 15.7. The van der Waals surface area contributed by atoms with Gasteiger partial charge in [0.1, 0.15) is 0 Å². The highest BCUT2D eigenvalue weighted by atomic mass is 32.1. The summed E-state index contributed by atoms with van der Waals surface area (Å²) < 4.78 is 0. The van der Waals surface area contributed by atoms with E-state index in [0.717, 1.165) is 35.7 Å². The van der Waals surface area contributed by atoms with Crippen molar-refractivity contribution < 1.29 is 14.4 Å². The Bertz CT molecular complexity index is 1100. The molecule has 3 aromatic rings. The SMILES string of the molecule is O=C(CCCN1C(=O)c2cccc3cccc(c23)C1=O)Nc1nc2c(s1)CCC2. The maximum atomic E-state index is 12.9. The minimum atomic E-state index is -0.295. The van der Waals surface area contributed by atoms with Gasteiger partial charge in [0.2, 0.25) is 5.91 Å². The van der Waals surface area contributed by atoms with Crippen LogP contribution in [0, 0.1) is 0 Å². The molecule has 2 aromatic carbocycles. The molecule has 2 aliphatic rings. The second-order valence-corrected chi connectivity index (χ2v) is 8.45. The molecule has 2 heterocycles. The molecule has 7 heteroatoms. The number of imide groups is 1. The first kappa shape index (κ1) is 18.0.